The topological polar surface area (TPSA) is 59.5 Å². The first-order valence-corrected chi connectivity index (χ1v) is 7.01. The standard InChI is InChI=1S/C16H24N2O3/c1-12(14(19)21-5)10-18(15(20)16(2,3)4)11-13-7-6-8-17-9-13/h6-9,12H,10-11H2,1-5H3. The van der Waals surface area contributed by atoms with Gasteiger partial charge in [0.15, 0.2) is 0 Å². The first-order valence-electron chi connectivity index (χ1n) is 7.01. The molecule has 0 aromatic carbocycles. The fourth-order valence-electron chi connectivity index (χ4n) is 2.01. The third-order valence-corrected chi connectivity index (χ3v) is 3.12. The van der Waals surface area contributed by atoms with Crippen molar-refractivity contribution in [3.8, 4) is 0 Å². The molecule has 0 bridgehead atoms. The Morgan fingerprint density at radius 1 is 1.38 bits per heavy atom. The van der Waals surface area contributed by atoms with Crippen LogP contribution >= 0.6 is 0 Å². The van der Waals surface area contributed by atoms with Gasteiger partial charge in [-0.05, 0) is 11.6 Å². The van der Waals surface area contributed by atoms with E-state index in [-0.39, 0.29) is 17.8 Å². The number of esters is 1. The van der Waals surface area contributed by atoms with Gasteiger partial charge in [0.05, 0.1) is 13.0 Å². The zero-order chi connectivity index (χ0) is 16.0. The van der Waals surface area contributed by atoms with Gasteiger partial charge in [0.25, 0.3) is 0 Å². The summed E-state index contributed by atoms with van der Waals surface area (Å²) in [7, 11) is 1.36. The quantitative estimate of drug-likeness (QED) is 0.781. The van der Waals surface area contributed by atoms with E-state index in [1.807, 2.05) is 32.9 Å². The predicted molar refractivity (Wildman–Crippen MR) is 80.3 cm³/mol. The molecular formula is C16H24N2O3. The third kappa shape index (κ3) is 5.17. The van der Waals surface area contributed by atoms with Gasteiger partial charge in [0, 0.05) is 30.9 Å². The Hall–Kier alpha value is -1.91. The number of rotatable bonds is 5. The van der Waals surface area contributed by atoms with E-state index in [9.17, 15) is 9.59 Å². The number of pyridine rings is 1. The second-order valence-corrected chi connectivity index (χ2v) is 6.22. The second kappa shape index (κ2) is 7.20. The van der Waals surface area contributed by atoms with Crippen LogP contribution in [0.3, 0.4) is 0 Å². The summed E-state index contributed by atoms with van der Waals surface area (Å²) in [6.07, 6.45) is 3.42. The van der Waals surface area contributed by atoms with Gasteiger partial charge in [-0.3, -0.25) is 14.6 Å². The van der Waals surface area contributed by atoms with Crippen molar-refractivity contribution >= 4 is 11.9 Å². The SMILES string of the molecule is COC(=O)C(C)CN(Cc1cccnc1)C(=O)C(C)(C)C. The number of carbonyl (C=O) groups is 2. The molecule has 0 saturated carbocycles. The Labute approximate surface area is 126 Å². The van der Waals surface area contributed by atoms with Crippen molar-refractivity contribution in [2.75, 3.05) is 13.7 Å². The van der Waals surface area contributed by atoms with Crippen molar-refractivity contribution in [3.05, 3.63) is 30.1 Å². The van der Waals surface area contributed by atoms with E-state index in [0.717, 1.165) is 5.56 Å². The van der Waals surface area contributed by atoms with Gasteiger partial charge < -0.3 is 9.64 Å². The molecule has 5 heteroatoms. The first kappa shape index (κ1) is 17.1. The predicted octanol–water partition coefficient (Wildman–Crippen LogP) is 2.27. The molecule has 0 spiro atoms. The van der Waals surface area contributed by atoms with Crippen LogP contribution < -0.4 is 0 Å². The molecule has 0 fully saturated rings. The average molecular weight is 292 g/mol. The number of methoxy groups -OCH3 is 1. The molecule has 1 heterocycles. The van der Waals surface area contributed by atoms with Crippen LogP contribution in [0, 0.1) is 11.3 Å². The molecule has 1 rings (SSSR count). The van der Waals surface area contributed by atoms with Gasteiger partial charge in [-0.15, -0.1) is 0 Å². The van der Waals surface area contributed by atoms with Gasteiger partial charge in [-0.2, -0.15) is 0 Å². The minimum atomic E-state index is -0.502. The molecule has 5 nitrogen and oxygen atoms in total. The number of aromatic nitrogens is 1. The molecule has 0 aliphatic carbocycles. The Kier molecular flexibility index (Phi) is 5.88. The molecule has 1 unspecified atom stereocenters. The summed E-state index contributed by atoms with van der Waals surface area (Å²) < 4.78 is 4.74. The number of nitrogens with zero attached hydrogens (tertiary/aromatic N) is 2. The minimum Gasteiger partial charge on any atom is -0.469 e. The van der Waals surface area contributed by atoms with Crippen molar-refractivity contribution in [1.82, 2.24) is 9.88 Å². The van der Waals surface area contributed by atoms with Crippen molar-refractivity contribution in [2.45, 2.75) is 34.2 Å². The molecule has 1 atom stereocenters. The molecule has 21 heavy (non-hydrogen) atoms. The van der Waals surface area contributed by atoms with E-state index < -0.39 is 5.41 Å². The Bertz CT molecular complexity index is 480. The molecular weight excluding hydrogens is 268 g/mol. The summed E-state index contributed by atoms with van der Waals surface area (Å²) >= 11 is 0. The fraction of sp³-hybridized carbons (Fsp3) is 0.562. The summed E-state index contributed by atoms with van der Waals surface area (Å²) in [5.41, 5.74) is 0.435. The summed E-state index contributed by atoms with van der Waals surface area (Å²) in [4.78, 5) is 29.9. The van der Waals surface area contributed by atoms with Gasteiger partial charge in [-0.1, -0.05) is 33.8 Å². The highest BCUT2D eigenvalue weighted by Crippen LogP contribution is 2.20. The van der Waals surface area contributed by atoms with Crippen LogP contribution in [0.1, 0.15) is 33.3 Å². The van der Waals surface area contributed by atoms with Gasteiger partial charge in [0.2, 0.25) is 5.91 Å². The monoisotopic (exact) mass is 292 g/mol. The second-order valence-electron chi connectivity index (χ2n) is 6.22. The van der Waals surface area contributed by atoms with Crippen molar-refractivity contribution in [2.24, 2.45) is 11.3 Å². The van der Waals surface area contributed by atoms with E-state index in [2.05, 4.69) is 4.98 Å². The van der Waals surface area contributed by atoms with Crippen LogP contribution in [0.5, 0.6) is 0 Å². The van der Waals surface area contributed by atoms with Crippen LogP contribution in [0.2, 0.25) is 0 Å². The summed E-state index contributed by atoms with van der Waals surface area (Å²) in [5, 5.41) is 0. The highest BCUT2D eigenvalue weighted by atomic mass is 16.5. The molecule has 0 radical (unpaired) electrons. The molecule has 116 valence electrons. The highest BCUT2D eigenvalue weighted by Gasteiger charge is 2.29. The molecule has 0 saturated heterocycles. The minimum absolute atomic E-state index is 0.00195. The van der Waals surface area contributed by atoms with Crippen LogP contribution in [0.15, 0.2) is 24.5 Å². The average Bonchev–Trinajstić information content (AvgIpc) is 2.44. The zero-order valence-corrected chi connectivity index (χ0v) is 13.4. The number of hydrogen-bond acceptors (Lipinski definition) is 4. The van der Waals surface area contributed by atoms with Crippen molar-refractivity contribution < 1.29 is 14.3 Å². The summed E-state index contributed by atoms with van der Waals surface area (Å²) in [6, 6.07) is 3.75. The lowest BCUT2D eigenvalue weighted by molar-refractivity contribution is -0.148. The molecule has 1 amide bonds. The normalized spacial score (nSPS) is 12.6. The maximum absolute atomic E-state index is 12.6. The number of ether oxygens (including phenoxy) is 1. The zero-order valence-electron chi connectivity index (χ0n) is 13.4. The highest BCUT2D eigenvalue weighted by molar-refractivity contribution is 5.82. The molecule has 0 aliphatic heterocycles. The van der Waals surface area contributed by atoms with Gasteiger partial charge in [0.1, 0.15) is 0 Å². The van der Waals surface area contributed by atoms with E-state index >= 15 is 0 Å². The van der Waals surface area contributed by atoms with E-state index in [1.54, 1.807) is 24.2 Å². The Morgan fingerprint density at radius 3 is 2.52 bits per heavy atom. The fourth-order valence-corrected chi connectivity index (χ4v) is 2.01. The molecule has 1 aromatic heterocycles. The van der Waals surface area contributed by atoms with E-state index in [1.165, 1.54) is 7.11 Å². The van der Waals surface area contributed by atoms with Crippen LogP contribution in [0.25, 0.3) is 0 Å². The smallest absolute Gasteiger partial charge is 0.310 e. The van der Waals surface area contributed by atoms with E-state index in [4.69, 9.17) is 4.74 Å². The Balaban J connectivity index is 2.90. The molecule has 0 N–H and O–H groups in total. The van der Waals surface area contributed by atoms with Crippen LogP contribution in [0.4, 0.5) is 0 Å². The van der Waals surface area contributed by atoms with Crippen molar-refractivity contribution in [1.29, 1.82) is 0 Å². The first-order chi connectivity index (χ1) is 9.75. The van der Waals surface area contributed by atoms with Gasteiger partial charge >= 0.3 is 5.97 Å². The Morgan fingerprint density at radius 2 is 2.05 bits per heavy atom. The summed E-state index contributed by atoms with van der Waals surface area (Å²) in [5.74, 6) is -0.673. The largest absolute Gasteiger partial charge is 0.469 e. The number of amides is 1. The lowest BCUT2D eigenvalue weighted by atomic mass is 9.94. The number of hydrogen-bond donors (Lipinski definition) is 0. The molecule has 1 aromatic rings. The lowest BCUT2D eigenvalue weighted by Crippen LogP contribution is -2.42. The lowest BCUT2D eigenvalue weighted by Gasteiger charge is -2.31. The van der Waals surface area contributed by atoms with E-state index in [0.29, 0.717) is 13.1 Å². The number of carbonyl (C=O) groups excluding carboxylic acids is 2. The van der Waals surface area contributed by atoms with Gasteiger partial charge in [-0.25, -0.2) is 0 Å². The molecule has 0 aliphatic rings. The maximum atomic E-state index is 12.6. The van der Waals surface area contributed by atoms with Crippen LogP contribution in [-0.4, -0.2) is 35.4 Å². The van der Waals surface area contributed by atoms with Crippen LogP contribution in [-0.2, 0) is 20.9 Å². The maximum Gasteiger partial charge on any atom is 0.310 e. The third-order valence-electron chi connectivity index (χ3n) is 3.12. The van der Waals surface area contributed by atoms with Crippen molar-refractivity contribution in [3.63, 3.8) is 0 Å². The summed E-state index contributed by atoms with van der Waals surface area (Å²) in [6.45, 7) is 8.14.